The minimum Gasteiger partial charge on any atom is -0.494 e. The van der Waals surface area contributed by atoms with Crippen LogP contribution < -0.4 is 27.1 Å². The number of fused-ring (bicyclic) bond motifs is 1. The van der Waals surface area contributed by atoms with Crippen molar-refractivity contribution >= 4 is 17.6 Å². The van der Waals surface area contributed by atoms with Gasteiger partial charge in [0, 0.05) is 18.7 Å². The summed E-state index contributed by atoms with van der Waals surface area (Å²) in [5.74, 6) is -0.610. The Morgan fingerprint density at radius 1 is 1.16 bits per heavy atom. The molecule has 8 nitrogen and oxygen atoms in total. The third-order valence-corrected chi connectivity index (χ3v) is 5.22. The van der Waals surface area contributed by atoms with E-state index < -0.39 is 17.1 Å². The number of carbonyl (C=O) groups excluding carboxylic acids is 1. The van der Waals surface area contributed by atoms with Gasteiger partial charge in [-0.1, -0.05) is 35.9 Å². The monoisotopic (exact) mass is 430 g/mol. The molecule has 1 aliphatic rings. The Bertz CT molecular complexity index is 1480. The number of allylic oxidation sites excluding steroid dienone is 1. The average molecular weight is 430 g/mol. The maximum Gasteiger partial charge on any atom is 0.335 e. The number of aromatic nitrogens is 2. The van der Waals surface area contributed by atoms with Crippen LogP contribution in [0.2, 0.25) is 0 Å². The summed E-state index contributed by atoms with van der Waals surface area (Å²) >= 11 is 0. The molecule has 3 aromatic rings. The number of aromatic hydroxyl groups is 1. The van der Waals surface area contributed by atoms with E-state index in [1.54, 1.807) is 24.3 Å². The van der Waals surface area contributed by atoms with Gasteiger partial charge in [-0.25, -0.2) is 14.4 Å². The normalized spacial score (nSPS) is 13.7. The zero-order valence-corrected chi connectivity index (χ0v) is 17.7. The van der Waals surface area contributed by atoms with Crippen LogP contribution in [0, 0.1) is 6.92 Å². The molecule has 2 aromatic carbocycles. The van der Waals surface area contributed by atoms with Crippen molar-refractivity contribution in [3.63, 3.8) is 0 Å². The Morgan fingerprint density at radius 3 is 2.59 bits per heavy atom. The fourth-order valence-corrected chi connectivity index (χ4v) is 3.65. The van der Waals surface area contributed by atoms with Gasteiger partial charge in [-0.2, -0.15) is 0 Å². The molecule has 0 spiro atoms. The fourth-order valence-electron chi connectivity index (χ4n) is 3.65. The highest BCUT2D eigenvalue weighted by Crippen LogP contribution is 2.24. The van der Waals surface area contributed by atoms with Crippen molar-refractivity contribution in [1.82, 2.24) is 14.9 Å². The predicted octanol–water partition coefficient (Wildman–Crippen LogP) is 0.891. The number of aryl methyl sites for hydroxylation is 1. The Morgan fingerprint density at radius 2 is 1.88 bits per heavy atom. The van der Waals surface area contributed by atoms with Crippen molar-refractivity contribution in [2.45, 2.75) is 20.3 Å². The molecule has 162 valence electrons. The fraction of sp³-hybridized carbons (Fsp3) is 0.167. The summed E-state index contributed by atoms with van der Waals surface area (Å²) in [6.45, 7) is 3.75. The first-order valence-corrected chi connectivity index (χ1v) is 10.1. The largest absolute Gasteiger partial charge is 0.494 e. The number of carbonyl (C=O) groups is 1. The van der Waals surface area contributed by atoms with E-state index in [-0.39, 0.29) is 11.5 Å². The zero-order valence-electron chi connectivity index (χ0n) is 17.7. The van der Waals surface area contributed by atoms with Crippen LogP contribution in [0.4, 0.5) is 0 Å². The van der Waals surface area contributed by atoms with Gasteiger partial charge in [0.15, 0.2) is 0 Å². The van der Waals surface area contributed by atoms with E-state index in [0.717, 1.165) is 26.3 Å². The SMILES string of the molecule is CC(=O)NCCC1=c2ccccc2=N/C1=C\c1c(O)n(-c2ccc(C)cc2)c(=O)[nH]c1=O. The molecule has 0 saturated heterocycles. The second kappa shape index (κ2) is 8.50. The molecule has 1 aliphatic heterocycles. The lowest BCUT2D eigenvalue weighted by Crippen LogP contribution is -2.30. The van der Waals surface area contributed by atoms with E-state index in [2.05, 4.69) is 15.3 Å². The van der Waals surface area contributed by atoms with Crippen LogP contribution in [0.15, 0.2) is 68.8 Å². The molecular formula is C24H22N4O4. The lowest BCUT2D eigenvalue weighted by atomic mass is 10.1. The van der Waals surface area contributed by atoms with Crippen molar-refractivity contribution in [3.05, 3.63) is 96.8 Å². The van der Waals surface area contributed by atoms with Crippen molar-refractivity contribution in [1.29, 1.82) is 0 Å². The number of amides is 1. The highest BCUT2D eigenvalue weighted by Gasteiger charge is 2.18. The van der Waals surface area contributed by atoms with Gasteiger partial charge in [0.1, 0.15) is 5.56 Å². The van der Waals surface area contributed by atoms with Crippen molar-refractivity contribution in [3.8, 4) is 11.6 Å². The molecule has 0 fully saturated rings. The second-order valence-corrected chi connectivity index (χ2v) is 7.54. The van der Waals surface area contributed by atoms with E-state index >= 15 is 0 Å². The molecule has 0 radical (unpaired) electrons. The lowest BCUT2D eigenvalue weighted by Gasteiger charge is -2.11. The predicted molar refractivity (Wildman–Crippen MR) is 121 cm³/mol. The van der Waals surface area contributed by atoms with Gasteiger partial charge in [0.2, 0.25) is 11.8 Å². The van der Waals surface area contributed by atoms with Gasteiger partial charge in [0.25, 0.3) is 5.56 Å². The van der Waals surface area contributed by atoms with E-state index in [1.165, 1.54) is 13.0 Å². The highest BCUT2D eigenvalue weighted by atomic mass is 16.3. The maximum atomic E-state index is 12.6. The molecule has 0 aliphatic carbocycles. The average Bonchev–Trinajstić information content (AvgIpc) is 3.09. The summed E-state index contributed by atoms with van der Waals surface area (Å²) in [5, 5.41) is 15.3. The van der Waals surface area contributed by atoms with Crippen molar-refractivity contribution in [2.75, 3.05) is 6.54 Å². The van der Waals surface area contributed by atoms with Crippen LogP contribution in [0.1, 0.15) is 24.5 Å². The molecule has 1 aromatic heterocycles. The van der Waals surface area contributed by atoms with Crippen LogP contribution in [0.25, 0.3) is 17.3 Å². The van der Waals surface area contributed by atoms with E-state index in [0.29, 0.717) is 24.4 Å². The third kappa shape index (κ3) is 4.02. The van der Waals surface area contributed by atoms with Gasteiger partial charge < -0.3 is 10.4 Å². The first kappa shape index (κ1) is 21.0. The topological polar surface area (TPSA) is 117 Å². The van der Waals surface area contributed by atoms with Crippen molar-refractivity contribution in [2.24, 2.45) is 4.99 Å². The number of hydrogen-bond acceptors (Lipinski definition) is 5. The molecule has 0 bridgehead atoms. The lowest BCUT2D eigenvalue weighted by molar-refractivity contribution is -0.118. The summed E-state index contributed by atoms with van der Waals surface area (Å²) in [5.41, 5.74) is 1.22. The first-order chi connectivity index (χ1) is 15.3. The van der Waals surface area contributed by atoms with E-state index in [4.69, 9.17) is 0 Å². The minimum atomic E-state index is -0.736. The molecule has 0 saturated carbocycles. The number of rotatable bonds is 5. The Hall–Kier alpha value is -4.20. The number of H-pyrrole nitrogens is 1. The summed E-state index contributed by atoms with van der Waals surface area (Å²) in [6.07, 6.45) is 1.96. The molecule has 3 N–H and O–H groups in total. The quantitative estimate of drug-likeness (QED) is 0.557. The maximum absolute atomic E-state index is 12.6. The first-order valence-electron chi connectivity index (χ1n) is 10.1. The molecule has 4 rings (SSSR count). The Balaban J connectivity index is 1.86. The van der Waals surface area contributed by atoms with Crippen LogP contribution in [0.3, 0.4) is 0 Å². The number of benzene rings is 2. The van der Waals surface area contributed by atoms with E-state index in [1.807, 2.05) is 31.2 Å². The molecular weight excluding hydrogens is 408 g/mol. The van der Waals surface area contributed by atoms with Gasteiger partial charge >= 0.3 is 5.69 Å². The summed E-state index contributed by atoms with van der Waals surface area (Å²) in [6, 6.07) is 14.5. The van der Waals surface area contributed by atoms with Crippen molar-refractivity contribution < 1.29 is 9.90 Å². The van der Waals surface area contributed by atoms with Crippen LogP contribution in [-0.4, -0.2) is 27.1 Å². The second-order valence-electron chi connectivity index (χ2n) is 7.54. The number of nitrogens with zero attached hydrogens (tertiary/aromatic N) is 2. The minimum absolute atomic E-state index is 0.0752. The molecule has 1 amide bonds. The number of aromatic amines is 1. The molecule has 8 heteroatoms. The van der Waals surface area contributed by atoms with Gasteiger partial charge in [0.05, 0.1) is 16.7 Å². The third-order valence-electron chi connectivity index (χ3n) is 5.22. The standard InChI is InChI=1S/C24H22N4O4/c1-14-7-9-16(10-8-14)28-23(31)19(22(30)27-24(28)32)13-21-18(11-12-25-15(2)29)17-5-3-4-6-20(17)26-21/h3-10,13,31H,11-12H2,1-2H3,(H,25,29)(H,27,30,32)/b21-13-. The molecule has 0 atom stereocenters. The summed E-state index contributed by atoms with van der Waals surface area (Å²) in [4.78, 5) is 43.2. The number of hydrogen-bond donors (Lipinski definition) is 3. The smallest absolute Gasteiger partial charge is 0.335 e. The highest BCUT2D eigenvalue weighted by molar-refractivity contribution is 5.77. The molecule has 0 unspecified atom stereocenters. The van der Waals surface area contributed by atoms with Crippen LogP contribution >= 0.6 is 0 Å². The van der Waals surface area contributed by atoms with E-state index in [9.17, 15) is 19.5 Å². The van der Waals surface area contributed by atoms with Gasteiger partial charge in [-0.05, 0) is 43.2 Å². The Kier molecular flexibility index (Phi) is 5.59. The molecule has 2 heterocycles. The number of para-hydroxylation sites is 1. The summed E-state index contributed by atoms with van der Waals surface area (Å²) < 4.78 is 1.05. The molecule has 32 heavy (non-hydrogen) atoms. The zero-order chi connectivity index (χ0) is 22.8. The van der Waals surface area contributed by atoms with Crippen LogP contribution in [-0.2, 0) is 4.79 Å². The number of nitrogens with one attached hydrogen (secondary N) is 2. The van der Waals surface area contributed by atoms with Gasteiger partial charge in [-0.15, -0.1) is 0 Å². The van der Waals surface area contributed by atoms with Gasteiger partial charge in [-0.3, -0.25) is 14.6 Å². The van der Waals surface area contributed by atoms with Crippen LogP contribution in [0.5, 0.6) is 5.88 Å². The Labute approximate surface area is 182 Å². The summed E-state index contributed by atoms with van der Waals surface area (Å²) in [7, 11) is 0.